The van der Waals surface area contributed by atoms with Crippen molar-refractivity contribution < 1.29 is 9.90 Å². The van der Waals surface area contributed by atoms with Crippen molar-refractivity contribution in [2.75, 3.05) is 6.54 Å². The molecule has 1 aromatic rings. The molecule has 3 nitrogen and oxygen atoms in total. The highest BCUT2D eigenvalue weighted by Crippen LogP contribution is 2.05. The van der Waals surface area contributed by atoms with E-state index >= 15 is 0 Å². The first kappa shape index (κ1) is 14.7. The topological polar surface area (TPSA) is 49.3 Å². The van der Waals surface area contributed by atoms with E-state index in [9.17, 15) is 9.90 Å². The molecule has 0 aromatic heterocycles. The molecule has 0 aliphatic carbocycles. The van der Waals surface area contributed by atoms with Crippen LogP contribution in [0.15, 0.2) is 24.3 Å². The minimum Gasteiger partial charge on any atom is -0.391 e. The second-order valence-corrected chi connectivity index (χ2v) is 5.25. The molecule has 18 heavy (non-hydrogen) atoms. The summed E-state index contributed by atoms with van der Waals surface area (Å²) in [5.41, 5.74) is 2.18. The number of carbonyl (C=O) groups excluding carboxylic acids is 1. The fraction of sp³-hybridized carbons (Fsp3) is 0.533. The molecule has 1 rings (SSSR count). The van der Waals surface area contributed by atoms with Gasteiger partial charge in [-0.2, -0.15) is 0 Å². The van der Waals surface area contributed by atoms with Crippen molar-refractivity contribution in [1.82, 2.24) is 5.32 Å². The van der Waals surface area contributed by atoms with Gasteiger partial charge in [-0.25, -0.2) is 0 Å². The van der Waals surface area contributed by atoms with Crippen LogP contribution >= 0.6 is 0 Å². The average Bonchev–Trinajstić information content (AvgIpc) is 2.29. The summed E-state index contributed by atoms with van der Waals surface area (Å²) < 4.78 is 0. The number of carbonyl (C=O) groups is 1. The number of benzene rings is 1. The highest BCUT2D eigenvalue weighted by atomic mass is 16.3. The van der Waals surface area contributed by atoms with Gasteiger partial charge in [0, 0.05) is 6.54 Å². The van der Waals surface area contributed by atoms with E-state index in [4.69, 9.17) is 0 Å². The van der Waals surface area contributed by atoms with E-state index in [0.717, 1.165) is 5.56 Å². The third kappa shape index (κ3) is 5.82. The predicted octanol–water partition coefficient (Wildman–Crippen LogP) is 2.06. The van der Waals surface area contributed by atoms with Crippen LogP contribution in [0.1, 0.15) is 31.4 Å². The first-order chi connectivity index (χ1) is 8.47. The Hall–Kier alpha value is -1.35. The molecular weight excluding hydrogens is 226 g/mol. The Kier molecular flexibility index (Phi) is 5.86. The summed E-state index contributed by atoms with van der Waals surface area (Å²) >= 11 is 0. The molecule has 1 aromatic carbocycles. The smallest absolute Gasteiger partial charge is 0.224 e. The minimum absolute atomic E-state index is 0.0401. The number of aliphatic hydroxyl groups is 1. The van der Waals surface area contributed by atoms with Crippen molar-refractivity contribution in [2.24, 2.45) is 5.92 Å². The van der Waals surface area contributed by atoms with Crippen LogP contribution in [-0.2, 0) is 11.2 Å². The number of aliphatic hydroxyl groups excluding tert-OH is 1. The van der Waals surface area contributed by atoms with Gasteiger partial charge in [0.1, 0.15) is 0 Å². The van der Waals surface area contributed by atoms with Gasteiger partial charge < -0.3 is 10.4 Å². The monoisotopic (exact) mass is 249 g/mol. The molecule has 1 unspecified atom stereocenters. The zero-order valence-corrected chi connectivity index (χ0v) is 11.4. The minimum atomic E-state index is -0.452. The van der Waals surface area contributed by atoms with E-state index in [1.54, 1.807) is 0 Å². The lowest BCUT2D eigenvalue weighted by atomic mass is 10.1. The Labute approximate surface area is 109 Å². The standard InChI is InChI=1S/C15H23NO2/c1-11(2)8-14(17)10-16-15(18)9-13-6-4-12(3)5-7-13/h4-7,11,14,17H,8-10H2,1-3H3,(H,16,18). The summed E-state index contributed by atoms with van der Waals surface area (Å²) in [6.45, 7) is 6.46. The van der Waals surface area contributed by atoms with E-state index in [-0.39, 0.29) is 5.91 Å². The molecule has 1 amide bonds. The van der Waals surface area contributed by atoms with Gasteiger partial charge in [0.2, 0.25) is 5.91 Å². The van der Waals surface area contributed by atoms with Gasteiger partial charge in [-0.15, -0.1) is 0 Å². The Balaban J connectivity index is 2.31. The van der Waals surface area contributed by atoms with E-state index < -0.39 is 6.10 Å². The summed E-state index contributed by atoms with van der Waals surface area (Å²) in [6, 6.07) is 7.91. The number of hydrogen-bond acceptors (Lipinski definition) is 2. The van der Waals surface area contributed by atoms with Gasteiger partial charge in [0.05, 0.1) is 12.5 Å². The Bertz CT molecular complexity index is 371. The second-order valence-electron chi connectivity index (χ2n) is 5.25. The van der Waals surface area contributed by atoms with Gasteiger partial charge in [0.15, 0.2) is 0 Å². The van der Waals surface area contributed by atoms with Crippen LogP contribution in [0.2, 0.25) is 0 Å². The normalized spacial score (nSPS) is 12.5. The summed E-state index contributed by atoms with van der Waals surface area (Å²) in [5, 5.41) is 12.4. The van der Waals surface area contributed by atoms with Crippen molar-refractivity contribution in [2.45, 2.75) is 39.7 Å². The van der Waals surface area contributed by atoms with Crippen LogP contribution in [0.3, 0.4) is 0 Å². The first-order valence-electron chi connectivity index (χ1n) is 6.47. The highest BCUT2D eigenvalue weighted by Gasteiger charge is 2.09. The van der Waals surface area contributed by atoms with Crippen molar-refractivity contribution in [3.05, 3.63) is 35.4 Å². The second kappa shape index (κ2) is 7.17. The third-order valence-electron chi connectivity index (χ3n) is 2.76. The molecular formula is C15H23NO2. The molecule has 0 saturated heterocycles. The average molecular weight is 249 g/mol. The van der Waals surface area contributed by atoms with Crippen LogP contribution in [0.25, 0.3) is 0 Å². The fourth-order valence-electron chi connectivity index (χ4n) is 1.81. The molecule has 3 heteroatoms. The number of aryl methyl sites for hydroxylation is 1. The molecule has 0 spiro atoms. The van der Waals surface area contributed by atoms with Crippen molar-refractivity contribution in [3.63, 3.8) is 0 Å². The van der Waals surface area contributed by atoms with Gasteiger partial charge >= 0.3 is 0 Å². The molecule has 0 fully saturated rings. The van der Waals surface area contributed by atoms with Crippen molar-refractivity contribution in [3.8, 4) is 0 Å². The molecule has 0 aliphatic rings. The van der Waals surface area contributed by atoms with Crippen LogP contribution in [-0.4, -0.2) is 23.7 Å². The van der Waals surface area contributed by atoms with E-state index in [2.05, 4.69) is 19.2 Å². The van der Waals surface area contributed by atoms with Gasteiger partial charge in [-0.3, -0.25) is 4.79 Å². The van der Waals surface area contributed by atoms with E-state index in [1.165, 1.54) is 5.56 Å². The molecule has 0 heterocycles. The number of amides is 1. The maximum atomic E-state index is 11.7. The molecule has 2 N–H and O–H groups in total. The Morgan fingerprint density at radius 2 is 1.89 bits per heavy atom. The maximum absolute atomic E-state index is 11.7. The quantitative estimate of drug-likeness (QED) is 0.810. The number of rotatable bonds is 6. The summed E-state index contributed by atoms with van der Waals surface area (Å²) in [6.07, 6.45) is 0.631. The third-order valence-corrected chi connectivity index (χ3v) is 2.76. The predicted molar refractivity (Wildman–Crippen MR) is 73.4 cm³/mol. The summed E-state index contributed by atoms with van der Waals surface area (Å²) in [5.74, 6) is 0.399. The maximum Gasteiger partial charge on any atom is 0.224 e. The van der Waals surface area contributed by atoms with Crippen LogP contribution in [0, 0.1) is 12.8 Å². The fourth-order valence-corrected chi connectivity index (χ4v) is 1.81. The summed E-state index contributed by atoms with van der Waals surface area (Å²) in [4.78, 5) is 11.7. The van der Waals surface area contributed by atoms with Crippen molar-refractivity contribution in [1.29, 1.82) is 0 Å². The zero-order valence-electron chi connectivity index (χ0n) is 11.4. The lowest BCUT2D eigenvalue weighted by Crippen LogP contribution is -2.33. The van der Waals surface area contributed by atoms with Crippen molar-refractivity contribution >= 4 is 5.91 Å². The number of nitrogens with one attached hydrogen (secondary N) is 1. The van der Waals surface area contributed by atoms with Crippen LogP contribution < -0.4 is 5.32 Å². The molecule has 1 atom stereocenters. The lowest BCUT2D eigenvalue weighted by Gasteiger charge is -2.13. The van der Waals surface area contributed by atoms with E-state index in [1.807, 2.05) is 31.2 Å². The molecule has 0 radical (unpaired) electrons. The Morgan fingerprint density at radius 1 is 1.28 bits per heavy atom. The van der Waals surface area contributed by atoms with Gasteiger partial charge in [0.25, 0.3) is 0 Å². The van der Waals surface area contributed by atoms with E-state index in [0.29, 0.717) is 25.3 Å². The number of hydrogen-bond donors (Lipinski definition) is 2. The molecule has 0 aliphatic heterocycles. The van der Waals surface area contributed by atoms with Gasteiger partial charge in [-0.05, 0) is 24.8 Å². The largest absolute Gasteiger partial charge is 0.391 e. The zero-order chi connectivity index (χ0) is 13.5. The Morgan fingerprint density at radius 3 is 2.44 bits per heavy atom. The molecule has 100 valence electrons. The van der Waals surface area contributed by atoms with Crippen LogP contribution in [0.4, 0.5) is 0 Å². The lowest BCUT2D eigenvalue weighted by molar-refractivity contribution is -0.120. The van der Waals surface area contributed by atoms with Crippen LogP contribution in [0.5, 0.6) is 0 Å². The first-order valence-corrected chi connectivity index (χ1v) is 6.47. The highest BCUT2D eigenvalue weighted by molar-refractivity contribution is 5.78. The SMILES string of the molecule is Cc1ccc(CC(=O)NCC(O)CC(C)C)cc1. The molecule has 0 bridgehead atoms. The van der Waals surface area contributed by atoms with Gasteiger partial charge in [-0.1, -0.05) is 43.7 Å². The molecule has 0 saturated carbocycles. The summed E-state index contributed by atoms with van der Waals surface area (Å²) in [7, 11) is 0.